The monoisotopic (exact) mass is 176 g/mol. The summed E-state index contributed by atoms with van der Waals surface area (Å²) in [5, 5.41) is 0. The van der Waals surface area contributed by atoms with Gasteiger partial charge in [-0.15, -0.1) is 0 Å². The number of rotatable bonds is 5. The predicted molar refractivity (Wildman–Crippen MR) is 45.4 cm³/mol. The third-order valence-electron chi connectivity index (χ3n) is 1.04. The first-order chi connectivity index (χ1) is 5.20. The molecule has 0 spiro atoms. The minimum atomic E-state index is -0.417. The molecule has 0 fully saturated rings. The SMILES string of the molecule is C=CC(=O)OCC(C)CSO. The molecule has 64 valence electrons. The van der Waals surface area contributed by atoms with Gasteiger partial charge in [-0.25, -0.2) is 4.79 Å². The van der Waals surface area contributed by atoms with Gasteiger partial charge in [-0.1, -0.05) is 13.5 Å². The second kappa shape index (κ2) is 6.24. The van der Waals surface area contributed by atoms with E-state index in [1.54, 1.807) is 0 Å². The van der Waals surface area contributed by atoms with Crippen LogP contribution in [0.5, 0.6) is 0 Å². The van der Waals surface area contributed by atoms with Crippen LogP contribution in [0.4, 0.5) is 0 Å². The summed E-state index contributed by atoms with van der Waals surface area (Å²) in [6.45, 7) is 5.48. The maximum absolute atomic E-state index is 10.5. The average molecular weight is 176 g/mol. The van der Waals surface area contributed by atoms with Crippen LogP contribution in [0.2, 0.25) is 0 Å². The smallest absolute Gasteiger partial charge is 0.330 e. The van der Waals surface area contributed by atoms with E-state index in [0.29, 0.717) is 12.4 Å². The molecule has 0 bridgehead atoms. The Kier molecular flexibility index (Phi) is 5.97. The van der Waals surface area contributed by atoms with Gasteiger partial charge in [0, 0.05) is 17.7 Å². The normalized spacial score (nSPS) is 12.2. The molecule has 0 rings (SSSR count). The van der Waals surface area contributed by atoms with E-state index >= 15 is 0 Å². The molecule has 0 aliphatic heterocycles. The molecular weight excluding hydrogens is 164 g/mol. The van der Waals surface area contributed by atoms with Crippen molar-refractivity contribution < 1.29 is 14.1 Å². The molecular formula is C7H12O3S. The maximum Gasteiger partial charge on any atom is 0.330 e. The highest BCUT2D eigenvalue weighted by atomic mass is 32.2. The Morgan fingerprint density at radius 3 is 3.00 bits per heavy atom. The fourth-order valence-corrected chi connectivity index (χ4v) is 0.809. The average Bonchev–Trinajstić information content (AvgIpc) is 2.01. The van der Waals surface area contributed by atoms with Crippen molar-refractivity contribution in [2.45, 2.75) is 6.92 Å². The molecule has 0 saturated heterocycles. The highest BCUT2D eigenvalue weighted by Crippen LogP contribution is 2.04. The Hall–Kier alpha value is -0.480. The minimum absolute atomic E-state index is 0.175. The molecule has 1 atom stereocenters. The summed E-state index contributed by atoms with van der Waals surface area (Å²) in [5.74, 6) is 0.332. The lowest BCUT2D eigenvalue weighted by molar-refractivity contribution is -0.138. The standard InChI is InChI=1S/C7H12O3S/c1-3-7(8)10-4-6(2)5-11-9/h3,6,9H,1,4-5H2,2H3. The van der Waals surface area contributed by atoms with Crippen LogP contribution in [0, 0.1) is 5.92 Å². The highest BCUT2D eigenvalue weighted by molar-refractivity contribution is 7.93. The van der Waals surface area contributed by atoms with Crippen molar-refractivity contribution in [1.82, 2.24) is 0 Å². The lowest BCUT2D eigenvalue weighted by Gasteiger charge is -2.07. The van der Waals surface area contributed by atoms with Gasteiger partial charge in [0.05, 0.1) is 6.61 Å². The van der Waals surface area contributed by atoms with Crippen LogP contribution in [0.25, 0.3) is 0 Å². The first-order valence-corrected chi connectivity index (χ1v) is 4.20. The number of ether oxygens (including phenoxy) is 1. The van der Waals surface area contributed by atoms with Gasteiger partial charge >= 0.3 is 5.97 Å². The van der Waals surface area contributed by atoms with Gasteiger partial charge < -0.3 is 9.29 Å². The molecule has 0 heterocycles. The van der Waals surface area contributed by atoms with Crippen molar-refractivity contribution in [3.05, 3.63) is 12.7 Å². The van der Waals surface area contributed by atoms with E-state index in [1.165, 1.54) is 0 Å². The molecule has 0 amide bonds. The molecule has 3 nitrogen and oxygen atoms in total. The molecule has 0 radical (unpaired) electrons. The second-order valence-electron chi connectivity index (χ2n) is 2.24. The van der Waals surface area contributed by atoms with Crippen molar-refractivity contribution in [3.8, 4) is 0 Å². The van der Waals surface area contributed by atoms with E-state index in [4.69, 9.17) is 9.29 Å². The van der Waals surface area contributed by atoms with Gasteiger partial charge in [0.1, 0.15) is 0 Å². The van der Waals surface area contributed by atoms with Crippen LogP contribution < -0.4 is 0 Å². The number of hydrogen-bond donors (Lipinski definition) is 1. The summed E-state index contributed by atoms with van der Waals surface area (Å²) in [5.41, 5.74) is 0. The lowest BCUT2D eigenvalue weighted by atomic mass is 10.2. The van der Waals surface area contributed by atoms with E-state index < -0.39 is 5.97 Å². The molecule has 4 heteroatoms. The molecule has 0 aliphatic carbocycles. The molecule has 0 aromatic carbocycles. The molecule has 11 heavy (non-hydrogen) atoms. The van der Waals surface area contributed by atoms with Gasteiger partial charge in [0.15, 0.2) is 0 Å². The van der Waals surface area contributed by atoms with Gasteiger partial charge in [-0.2, -0.15) is 0 Å². The number of hydrogen-bond acceptors (Lipinski definition) is 4. The predicted octanol–water partition coefficient (Wildman–Crippen LogP) is 1.56. The Morgan fingerprint density at radius 2 is 2.55 bits per heavy atom. The highest BCUT2D eigenvalue weighted by Gasteiger charge is 2.03. The minimum Gasteiger partial charge on any atom is -0.462 e. The maximum atomic E-state index is 10.5. The third-order valence-corrected chi connectivity index (χ3v) is 1.75. The molecule has 1 unspecified atom stereocenters. The van der Waals surface area contributed by atoms with Crippen molar-refractivity contribution in [2.75, 3.05) is 12.4 Å². The van der Waals surface area contributed by atoms with Crippen molar-refractivity contribution in [2.24, 2.45) is 5.92 Å². The van der Waals surface area contributed by atoms with Gasteiger partial charge in [-0.3, -0.25) is 0 Å². The van der Waals surface area contributed by atoms with E-state index in [2.05, 4.69) is 6.58 Å². The first-order valence-electron chi connectivity index (χ1n) is 3.26. The topological polar surface area (TPSA) is 46.5 Å². The summed E-state index contributed by atoms with van der Waals surface area (Å²) >= 11 is 0.752. The molecule has 0 aromatic rings. The third kappa shape index (κ3) is 5.94. The first kappa shape index (κ1) is 10.5. The Balaban J connectivity index is 3.37. The van der Waals surface area contributed by atoms with Crippen molar-refractivity contribution in [3.63, 3.8) is 0 Å². The molecule has 0 aliphatic rings. The van der Waals surface area contributed by atoms with Gasteiger partial charge in [0.2, 0.25) is 0 Å². The van der Waals surface area contributed by atoms with Crippen LogP contribution in [-0.4, -0.2) is 22.9 Å². The van der Waals surface area contributed by atoms with Crippen molar-refractivity contribution in [1.29, 1.82) is 0 Å². The van der Waals surface area contributed by atoms with E-state index in [0.717, 1.165) is 18.1 Å². The lowest BCUT2D eigenvalue weighted by Crippen LogP contribution is -2.11. The van der Waals surface area contributed by atoms with E-state index in [9.17, 15) is 4.79 Å². The molecule has 0 aromatic heterocycles. The van der Waals surface area contributed by atoms with Crippen LogP contribution in [0.15, 0.2) is 12.7 Å². The van der Waals surface area contributed by atoms with Crippen molar-refractivity contribution >= 4 is 18.0 Å². The zero-order chi connectivity index (χ0) is 8.69. The zero-order valence-electron chi connectivity index (χ0n) is 6.45. The number of carbonyl (C=O) groups is 1. The Bertz CT molecular complexity index is 136. The summed E-state index contributed by atoms with van der Waals surface area (Å²) in [7, 11) is 0. The quantitative estimate of drug-likeness (QED) is 0.392. The Morgan fingerprint density at radius 1 is 1.91 bits per heavy atom. The van der Waals surface area contributed by atoms with Crippen LogP contribution in [0.3, 0.4) is 0 Å². The van der Waals surface area contributed by atoms with Gasteiger partial charge in [-0.05, 0) is 12.0 Å². The van der Waals surface area contributed by atoms with Gasteiger partial charge in [0.25, 0.3) is 0 Å². The molecule has 0 saturated carbocycles. The summed E-state index contributed by atoms with van der Waals surface area (Å²) in [6.07, 6.45) is 1.12. The number of esters is 1. The summed E-state index contributed by atoms with van der Waals surface area (Å²) in [6, 6.07) is 0. The van der Waals surface area contributed by atoms with E-state index in [-0.39, 0.29) is 5.92 Å². The summed E-state index contributed by atoms with van der Waals surface area (Å²) in [4.78, 5) is 10.5. The molecule has 1 N–H and O–H groups in total. The zero-order valence-corrected chi connectivity index (χ0v) is 7.26. The fourth-order valence-electron chi connectivity index (χ4n) is 0.459. The fraction of sp³-hybridized carbons (Fsp3) is 0.571. The van der Waals surface area contributed by atoms with E-state index in [1.807, 2.05) is 6.92 Å². The Labute approximate surface area is 70.6 Å². The van der Waals surface area contributed by atoms with Crippen LogP contribution in [0.1, 0.15) is 6.92 Å². The largest absolute Gasteiger partial charge is 0.462 e. The number of carbonyl (C=O) groups excluding carboxylic acids is 1. The second-order valence-corrected chi connectivity index (χ2v) is 2.83. The summed E-state index contributed by atoms with van der Waals surface area (Å²) < 4.78 is 13.1. The van der Waals surface area contributed by atoms with Crippen LogP contribution >= 0.6 is 12.0 Å². The van der Waals surface area contributed by atoms with Crippen LogP contribution in [-0.2, 0) is 9.53 Å².